The number of carbonyl (C=O) groups is 1. The van der Waals surface area contributed by atoms with Gasteiger partial charge in [-0.2, -0.15) is 0 Å². The zero-order chi connectivity index (χ0) is 16.4. The fourth-order valence-electron chi connectivity index (χ4n) is 2.05. The minimum absolute atomic E-state index is 0.0936. The third kappa shape index (κ3) is 3.62. The molecule has 0 unspecified atom stereocenters. The highest BCUT2D eigenvalue weighted by Crippen LogP contribution is 2.36. The molecule has 0 atom stereocenters. The van der Waals surface area contributed by atoms with Gasteiger partial charge in [0.05, 0.1) is 17.8 Å². The highest BCUT2D eigenvalue weighted by Gasteiger charge is 2.51. The van der Waals surface area contributed by atoms with E-state index in [1.807, 2.05) is 39.8 Å². The van der Waals surface area contributed by atoms with Gasteiger partial charge in [0.1, 0.15) is 5.75 Å². The number of carbonyl (C=O) groups excluding carboxylic acids is 1. The fourth-order valence-corrected chi connectivity index (χ4v) is 2.05. The molecule has 0 aromatic heterocycles. The Kier molecular flexibility index (Phi) is 4.82. The van der Waals surface area contributed by atoms with Crippen LogP contribution in [0.25, 0.3) is 0 Å². The fraction of sp³-hybridized carbons (Fsp3) is 0.562. The normalized spacial score (nSPS) is 19.0. The molecule has 0 bridgehead atoms. The minimum Gasteiger partial charge on any atom is -0.482 e. The number of hydrogen-bond donors (Lipinski definition) is 0. The standard InChI is InChI=1S/C16H23BO5/c1-6-19-14(18)11-20-13-9-7-12(8-10-13)17-21-15(2,3)16(4,5)22-17/h7-10H,6,11H2,1-5H3. The van der Waals surface area contributed by atoms with E-state index in [1.165, 1.54) is 0 Å². The van der Waals surface area contributed by atoms with Crippen molar-refractivity contribution in [2.75, 3.05) is 13.2 Å². The molecule has 2 rings (SSSR count). The maximum atomic E-state index is 11.2. The Morgan fingerprint density at radius 3 is 2.14 bits per heavy atom. The van der Waals surface area contributed by atoms with Crippen molar-refractivity contribution in [3.05, 3.63) is 24.3 Å². The molecular formula is C16H23BO5. The predicted octanol–water partition coefficient (Wildman–Crippen LogP) is 1.93. The number of hydrogen-bond acceptors (Lipinski definition) is 5. The van der Waals surface area contributed by atoms with E-state index in [0.717, 1.165) is 5.46 Å². The van der Waals surface area contributed by atoms with Crippen LogP contribution in [0.3, 0.4) is 0 Å². The second kappa shape index (κ2) is 6.30. The second-order valence-electron chi connectivity index (χ2n) is 6.25. The molecule has 0 aliphatic carbocycles. The van der Waals surface area contributed by atoms with Crippen LogP contribution in [0.4, 0.5) is 0 Å². The van der Waals surface area contributed by atoms with Gasteiger partial charge in [0.15, 0.2) is 6.61 Å². The van der Waals surface area contributed by atoms with Gasteiger partial charge in [-0.05, 0) is 52.2 Å². The van der Waals surface area contributed by atoms with Crippen molar-refractivity contribution in [1.82, 2.24) is 0 Å². The summed E-state index contributed by atoms with van der Waals surface area (Å²) in [5.41, 5.74) is 0.190. The smallest absolute Gasteiger partial charge is 0.482 e. The van der Waals surface area contributed by atoms with E-state index in [-0.39, 0.29) is 23.8 Å². The van der Waals surface area contributed by atoms with Gasteiger partial charge in [-0.25, -0.2) is 4.79 Å². The summed E-state index contributed by atoms with van der Waals surface area (Å²) in [6.07, 6.45) is 0. The number of ether oxygens (including phenoxy) is 2. The lowest BCUT2D eigenvalue weighted by Gasteiger charge is -2.32. The van der Waals surface area contributed by atoms with Gasteiger partial charge in [-0.15, -0.1) is 0 Å². The van der Waals surface area contributed by atoms with E-state index >= 15 is 0 Å². The van der Waals surface area contributed by atoms with Crippen molar-refractivity contribution in [2.24, 2.45) is 0 Å². The molecule has 0 spiro atoms. The third-order valence-electron chi connectivity index (χ3n) is 4.07. The van der Waals surface area contributed by atoms with E-state index in [9.17, 15) is 4.79 Å². The van der Waals surface area contributed by atoms with Gasteiger partial charge in [0.2, 0.25) is 0 Å². The van der Waals surface area contributed by atoms with E-state index in [0.29, 0.717) is 12.4 Å². The molecule has 1 fully saturated rings. The summed E-state index contributed by atoms with van der Waals surface area (Å²) in [6.45, 7) is 10.1. The van der Waals surface area contributed by atoms with Crippen LogP contribution >= 0.6 is 0 Å². The number of rotatable bonds is 5. The molecule has 22 heavy (non-hydrogen) atoms. The van der Waals surface area contributed by atoms with E-state index in [1.54, 1.807) is 19.1 Å². The molecule has 6 heteroatoms. The molecule has 1 aliphatic rings. The zero-order valence-corrected chi connectivity index (χ0v) is 13.8. The van der Waals surface area contributed by atoms with Crippen molar-refractivity contribution in [3.8, 4) is 5.75 Å². The first-order valence-corrected chi connectivity index (χ1v) is 7.49. The molecule has 120 valence electrons. The Balaban J connectivity index is 1.97. The van der Waals surface area contributed by atoms with Crippen LogP contribution in [0.15, 0.2) is 24.3 Å². The number of benzene rings is 1. The van der Waals surface area contributed by atoms with Crippen LogP contribution in [0, 0.1) is 0 Å². The lowest BCUT2D eigenvalue weighted by Crippen LogP contribution is -2.41. The average molecular weight is 306 g/mol. The Bertz CT molecular complexity index is 508. The van der Waals surface area contributed by atoms with E-state index in [2.05, 4.69) is 0 Å². The summed E-state index contributed by atoms with van der Waals surface area (Å²) in [4.78, 5) is 11.2. The van der Waals surface area contributed by atoms with Crippen LogP contribution < -0.4 is 10.2 Å². The van der Waals surface area contributed by atoms with Crippen LogP contribution in [0.5, 0.6) is 5.75 Å². The van der Waals surface area contributed by atoms with Crippen LogP contribution in [-0.4, -0.2) is 37.5 Å². The van der Waals surface area contributed by atoms with Gasteiger partial charge in [0.25, 0.3) is 0 Å². The summed E-state index contributed by atoms with van der Waals surface area (Å²) < 4.78 is 22.1. The Morgan fingerprint density at radius 2 is 1.64 bits per heavy atom. The minimum atomic E-state index is -0.399. The molecule has 1 aromatic carbocycles. The van der Waals surface area contributed by atoms with Crippen molar-refractivity contribution < 1.29 is 23.6 Å². The van der Waals surface area contributed by atoms with Crippen molar-refractivity contribution in [2.45, 2.75) is 45.8 Å². The highest BCUT2D eigenvalue weighted by molar-refractivity contribution is 6.62. The summed E-state index contributed by atoms with van der Waals surface area (Å²) in [7, 11) is -0.399. The summed E-state index contributed by atoms with van der Waals surface area (Å²) >= 11 is 0. The van der Waals surface area contributed by atoms with Crippen molar-refractivity contribution in [1.29, 1.82) is 0 Å². The second-order valence-corrected chi connectivity index (χ2v) is 6.25. The quantitative estimate of drug-likeness (QED) is 0.614. The van der Waals surface area contributed by atoms with Gasteiger partial charge in [-0.3, -0.25) is 0 Å². The average Bonchev–Trinajstić information content (AvgIpc) is 2.66. The molecule has 0 radical (unpaired) electrons. The van der Waals surface area contributed by atoms with Crippen molar-refractivity contribution >= 4 is 18.6 Å². The van der Waals surface area contributed by atoms with Crippen LogP contribution in [0.1, 0.15) is 34.6 Å². The van der Waals surface area contributed by atoms with Crippen molar-refractivity contribution in [3.63, 3.8) is 0 Å². The lowest BCUT2D eigenvalue weighted by atomic mass is 9.79. The molecule has 1 heterocycles. The molecule has 1 aliphatic heterocycles. The van der Waals surface area contributed by atoms with Crippen LogP contribution in [-0.2, 0) is 18.8 Å². The zero-order valence-electron chi connectivity index (χ0n) is 13.8. The Morgan fingerprint density at radius 1 is 1.09 bits per heavy atom. The monoisotopic (exact) mass is 306 g/mol. The highest BCUT2D eigenvalue weighted by atomic mass is 16.7. The molecule has 5 nitrogen and oxygen atoms in total. The first kappa shape index (κ1) is 16.8. The Labute approximate surface area is 132 Å². The third-order valence-corrected chi connectivity index (χ3v) is 4.07. The van der Waals surface area contributed by atoms with Gasteiger partial charge < -0.3 is 18.8 Å². The molecule has 1 aromatic rings. The maximum Gasteiger partial charge on any atom is 0.494 e. The molecule has 0 saturated carbocycles. The van der Waals surface area contributed by atoms with Gasteiger partial charge in [0, 0.05) is 0 Å². The molecule has 1 saturated heterocycles. The summed E-state index contributed by atoms with van der Waals surface area (Å²) in [5, 5.41) is 0. The first-order chi connectivity index (χ1) is 10.2. The SMILES string of the molecule is CCOC(=O)COc1ccc(B2OC(C)(C)C(C)(C)O2)cc1. The van der Waals surface area contributed by atoms with Gasteiger partial charge >= 0.3 is 13.1 Å². The predicted molar refractivity (Wildman–Crippen MR) is 84.3 cm³/mol. The topological polar surface area (TPSA) is 54.0 Å². The van der Waals surface area contributed by atoms with Gasteiger partial charge in [-0.1, -0.05) is 12.1 Å². The van der Waals surface area contributed by atoms with Crippen LogP contribution in [0.2, 0.25) is 0 Å². The maximum absolute atomic E-state index is 11.2. The number of esters is 1. The van der Waals surface area contributed by atoms with E-state index < -0.39 is 7.12 Å². The van der Waals surface area contributed by atoms with E-state index in [4.69, 9.17) is 18.8 Å². The lowest BCUT2D eigenvalue weighted by molar-refractivity contribution is -0.145. The molecule has 0 amide bonds. The largest absolute Gasteiger partial charge is 0.494 e. The first-order valence-electron chi connectivity index (χ1n) is 7.49. The summed E-state index contributed by atoms with van der Waals surface area (Å²) in [6, 6.07) is 7.34. The Hall–Kier alpha value is -1.53. The summed E-state index contributed by atoms with van der Waals surface area (Å²) in [5.74, 6) is 0.228. The molecule has 0 N–H and O–H groups in total. The molecular weight excluding hydrogens is 283 g/mol.